The smallest absolute Gasteiger partial charge is 0.331 e. The van der Waals surface area contributed by atoms with Crippen molar-refractivity contribution in [2.45, 2.75) is 6.18 Å². The van der Waals surface area contributed by atoms with Gasteiger partial charge in [0.05, 0.1) is 17.8 Å². The number of anilines is 1. The van der Waals surface area contributed by atoms with Gasteiger partial charge in [-0.05, 0) is 12.1 Å². The fourth-order valence-electron chi connectivity index (χ4n) is 1.14. The lowest BCUT2D eigenvalue weighted by Crippen LogP contribution is -2.30. The second kappa shape index (κ2) is 5.33. The van der Waals surface area contributed by atoms with Gasteiger partial charge < -0.3 is 15.4 Å². The van der Waals surface area contributed by atoms with E-state index in [1.807, 2.05) is 5.32 Å². The van der Waals surface area contributed by atoms with E-state index in [-0.39, 0.29) is 12.2 Å². The van der Waals surface area contributed by atoms with E-state index in [2.05, 4.69) is 5.32 Å². The Kier molecular flexibility index (Phi) is 4.08. The van der Waals surface area contributed by atoms with Crippen LogP contribution in [0.5, 0.6) is 0 Å². The molecule has 17 heavy (non-hydrogen) atoms. The largest absolute Gasteiger partial charge is 0.418 e. The third-order valence-corrected chi connectivity index (χ3v) is 1.83. The third-order valence-electron chi connectivity index (χ3n) is 1.83. The van der Waals surface area contributed by atoms with Gasteiger partial charge in [0, 0.05) is 0 Å². The molecule has 0 spiro atoms. The van der Waals surface area contributed by atoms with Crippen LogP contribution in [0.15, 0.2) is 24.3 Å². The summed E-state index contributed by atoms with van der Waals surface area (Å²) < 4.78 is 37.6. The molecule has 1 aromatic rings. The van der Waals surface area contributed by atoms with Crippen molar-refractivity contribution < 1.29 is 22.8 Å². The summed E-state index contributed by atoms with van der Waals surface area (Å²) in [6.45, 7) is -0.264. The highest BCUT2D eigenvalue weighted by Gasteiger charge is 2.33. The van der Waals surface area contributed by atoms with E-state index in [1.54, 1.807) is 0 Å². The van der Waals surface area contributed by atoms with Crippen LogP contribution in [-0.4, -0.2) is 18.9 Å². The Labute approximate surface area is 94.8 Å². The molecule has 0 aliphatic rings. The van der Waals surface area contributed by atoms with Gasteiger partial charge in [0.2, 0.25) is 0 Å². The van der Waals surface area contributed by atoms with E-state index >= 15 is 0 Å². The molecular weight excluding hydrogens is 237 g/mol. The standard InChI is InChI=1S/C10H9F3N2O2/c11-10(12,13)7-3-1-2-4-8(7)15-9(17)14-5-6-16/h1-4,6H,5H2,(H2,14,15,17). The molecule has 0 radical (unpaired) electrons. The molecule has 0 fully saturated rings. The lowest BCUT2D eigenvalue weighted by atomic mass is 10.1. The van der Waals surface area contributed by atoms with Gasteiger partial charge in [-0.15, -0.1) is 0 Å². The summed E-state index contributed by atoms with van der Waals surface area (Å²) in [5.74, 6) is 0. The van der Waals surface area contributed by atoms with Crippen LogP contribution in [0, 0.1) is 0 Å². The highest BCUT2D eigenvalue weighted by atomic mass is 19.4. The van der Waals surface area contributed by atoms with Gasteiger partial charge in [0.25, 0.3) is 0 Å². The van der Waals surface area contributed by atoms with Crippen LogP contribution in [0.2, 0.25) is 0 Å². The molecule has 1 rings (SSSR count). The van der Waals surface area contributed by atoms with E-state index in [0.717, 1.165) is 12.1 Å². The summed E-state index contributed by atoms with van der Waals surface area (Å²) in [6.07, 6.45) is -4.12. The molecule has 1 aromatic carbocycles. The second-order valence-electron chi connectivity index (χ2n) is 3.05. The van der Waals surface area contributed by atoms with Crippen LogP contribution in [0.25, 0.3) is 0 Å². The number of nitrogens with one attached hydrogen (secondary N) is 2. The number of rotatable bonds is 3. The zero-order chi connectivity index (χ0) is 12.9. The molecule has 0 aliphatic carbocycles. The maximum Gasteiger partial charge on any atom is 0.418 e. The van der Waals surface area contributed by atoms with E-state index < -0.39 is 17.8 Å². The van der Waals surface area contributed by atoms with Gasteiger partial charge in [-0.2, -0.15) is 13.2 Å². The Morgan fingerprint density at radius 3 is 2.53 bits per heavy atom. The molecule has 2 amide bonds. The van der Waals surface area contributed by atoms with Crippen molar-refractivity contribution in [2.24, 2.45) is 0 Å². The van der Waals surface area contributed by atoms with Crippen molar-refractivity contribution >= 4 is 18.0 Å². The van der Waals surface area contributed by atoms with Gasteiger partial charge in [-0.25, -0.2) is 4.79 Å². The van der Waals surface area contributed by atoms with Crippen molar-refractivity contribution in [1.82, 2.24) is 5.32 Å². The minimum Gasteiger partial charge on any atom is -0.331 e. The number of hydrogen-bond donors (Lipinski definition) is 2. The summed E-state index contributed by atoms with van der Waals surface area (Å²) >= 11 is 0. The molecule has 2 N–H and O–H groups in total. The first-order valence-corrected chi connectivity index (χ1v) is 4.60. The molecular formula is C10H9F3N2O2. The number of aldehydes is 1. The maximum atomic E-state index is 12.5. The highest BCUT2D eigenvalue weighted by Crippen LogP contribution is 2.34. The summed E-state index contributed by atoms with van der Waals surface area (Å²) in [7, 11) is 0. The van der Waals surface area contributed by atoms with E-state index in [9.17, 15) is 22.8 Å². The number of benzene rings is 1. The molecule has 4 nitrogen and oxygen atoms in total. The zero-order valence-corrected chi connectivity index (χ0v) is 8.54. The number of alkyl halides is 3. The van der Waals surface area contributed by atoms with E-state index in [1.165, 1.54) is 12.1 Å². The van der Waals surface area contributed by atoms with Crippen LogP contribution in [0.4, 0.5) is 23.7 Å². The number of carbonyl (C=O) groups is 2. The highest BCUT2D eigenvalue weighted by molar-refractivity contribution is 5.91. The first-order valence-electron chi connectivity index (χ1n) is 4.60. The maximum absolute atomic E-state index is 12.5. The van der Waals surface area contributed by atoms with E-state index in [0.29, 0.717) is 6.29 Å². The normalized spacial score (nSPS) is 10.8. The van der Waals surface area contributed by atoms with Gasteiger partial charge in [0.15, 0.2) is 0 Å². The number of urea groups is 1. The summed E-state index contributed by atoms with van der Waals surface area (Å²) in [5.41, 5.74) is -1.30. The molecule has 92 valence electrons. The fraction of sp³-hybridized carbons (Fsp3) is 0.200. The lowest BCUT2D eigenvalue weighted by molar-refractivity contribution is -0.136. The molecule has 0 bridgehead atoms. The lowest BCUT2D eigenvalue weighted by Gasteiger charge is -2.13. The molecule has 0 aliphatic heterocycles. The third kappa shape index (κ3) is 3.78. The molecule has 0 saturated heterocycles. The Morgan fingerprint density at radius 1 is 1.29 bits per heavy atom. The Bertz CT molecular complexity index is 418. The predicted molar refractivity (Wildman–Crippen MR) is 54.5 cm³/mol. The van der Waals surface area contributed by atoms with Gasteiger partial charge >= 0.3 is 12.2 Å². The SMILES string of the molecule is O=CCNC(=O)Nc1ccccc1C(F)(F)F. The van der Waals surface area contributed by atoms with Crippen LogP contribution >= 0.6 is 0 Å². The Balaban J connectivity index is 2.84. The minimum atomic E-state index is -4.55. The molecule has 7 heteroatoms. The number of carbonyl (C=O) groups excluding carboxylic acids is 2. The van der Waals surface area contributed by atoms with Crippen molar-refractivity contribution in [2.75, 3.05) is 11.9 Å². The Morgan fingerprint density at radius 2 is 1.94 bits per heavy atom. The van der Waals surface area contributed by atoms with Gasteiger partial charge in [0.1, 0.15) is 6.29 Å². The van der Waals surface area contributed by atoms with Gasteiger partial charge in [-0.1, -0.05) is 12.1 Å². The van der Waals surface area contributed by atoms with Crippen molar-refractivity contribution in [3.05, 3.63) is 29.8 Å². The topological polar surface area (TPSA) is 58.2 Å². The first-order chi connectivity index (χ1) is 7.95. The molecule has 0 heterocycles. The number of halogens is 3. The van der Waals surface area contributed by atoms with Gasteiger partial charge in [-0.3, -0.25) is 0 Å². The molecule has 0 unspecified atom stereocenters. The molecule has 0 saturated carbocycles. The quantitative estimate of drug-likeness (QED) is 0.801. The molecule has 0 aromatic heterocycles. The average Bonchev–Trinajstić information content (AvgIpc) is 2.25. The van der Waals surface area contributed by atoms with Crippen LogP contribution in [-0.2, 0) is 11.0 Å². The predicted octanol–water partition coefficient (Wildman–Crippen LogP) is 2.03. The number of amides is 2. The summed E-state index contributed by atoms with van der Waals surface area (Å²) in [5, 5.41) is 4.10. The number of para-hydroxylation sites is 1. The van der Waals surface area contributed by atoms with Crippen molar-refractivity contribution in [3.63, 3.8) is 0 Å². The molecule has 0 atom stereocenters. The fourth-order valence-corrected chi connectivity index (χ4v) is 1.14. The monoisotopic (exact) mass is 246 g/mol. The minimum absolute atomic E-state index is 0.264. The Hall–Kier alpha value is -2.05. The van der Waals surface area contributed by atoms with Crippen LogP contribution < -0.4 is 10.6 Å². The van der Waals surface area contributed by atoms with Crippen LogP contribution in [0.1, 0.15) is 5.56 Å². The summed E-state index contributed by atoms with van der Waals surface area (Å²) in [6, 6.07) is 3.70. The first kappa shape index (κ1) is 13.0. The summed E-state index contributed by atoms with van der Waals surface area (Å²) in [4.78, 5) is 21.1. The van der Waals surface area contributed by atoms with Crippen molar-refractivity contribution in [3.8, 4) is 0 Å². The van der Waals surface area contributed by atoms with Crippen LogP contribution in [0.3, 0.4) is 0 Å². The van der Waals surface area contributed by atoms with Crippen molar-refractivity contribution in [1.29, 1.82) is 0 Å². The number of hydrogen-bond acceptors (Lipinski definition) is 2. The van der Waals surface area contributed by atoms with E-state index in [4.69, 9.17) is 0 Å². The zero-order valence-electron chi connectivity index (χ0n) is 8.54. The second-order valence-corrected chi connectivity index (χ2v) is 3.05. The average molecular weight is 246 g/mol.